The maximum Gasteiger partial charge on any atom is 0.131 e. The Kier molecular flexibility index (Phi) is 2.95. The van der Waals surface area contributed by atoms with E-state index < -0.39 is 23.8 Å². The third-order valence-corrected chi connectivity index (χ3v) is 1.85. The third kappa shape index (κ3) is 2.02. The van der Waals surface area contributed by atoms with Gasteiger partial charge in [-0.2, -0.15) is 0 Å². The summed E-state index contributed by atoms with van der Waals surface area (Å²) in [7, 11) is 0. The van der Waals surface area contributed by atoms with Crippen molar-refractivity contribution in [1.29, 1.82) is 0 Å². The monoisotopic (exact) mass is 187 g/mol. The Morgan fingerprint density at radius 3 is 2.15 bits per heavy atom. The molecule has 72 valence electrons. The molecule has 0 aromatic heterocycles. The van der Waals surface area contributed by atoms with Crippen molar-refractivity contribution in [3.63, 3.8) is 0 Å². The van der Waals surface area contributed by atoms with Crippen LogP contribution in [0, 0.1) is 11.6 Å². The Hall–Kier alpha value is -1.00. The van der Waals surface area contributed by atoms with Crippen LogP contribution in [0.1, 0.15) is 18.5 Å². The summed E-state index contributed by atoms with van der Waals surface area (Å²) in [5, 5.41) is 9.06. The van der Waals surface area contributed by atoms with Crippen LogP contribution in [0.4, 0.5) is 8.78 Å². The van der Waals surface area contributed by atoms with Crippen LogP contribution in [-0.4, -0.2) is 11.2 Å². The number of aliphatic hydroxyl groups excluding tert-OH is 1. The normalized spacial score (nSPS) is 15.5. The van der Waals surface area contributed by atoms with Crippen LogP contribution in [0.3, 0.4) is 0 Å². The van der Waals surface area contributed by atoms with E-state index >= 15 is 0 Å². The van der Waals surface area contributed by atoms with Crippen LogP contribution in [0.5, 0.6) is 0 Å². The van der Waals surface area contributed by atoms with E-state index in [1.54, 1.807) is 0 Å². The van der Waals surface area contributed by atoms with Crippen molar-refractivity contribution < 1.29 is 13.9 Å². The molecule has 2 atom stereocenters. The molecule has 0 aliphatic rings. The Balaban J connectivity index is 3.12. The van der Waals surface area contributed by atoms with Crippen molar-refractivity contribution in [2.75, 3.05) is 0 Å². The highest BCUT2D eigenvalue weighted by Crippen LogP contribution is 2.20. The molecular weight excluding hydrogens is 176 g/mol. The van der Waals surface area contributed by atoms with Crippen molar-refractivity contribution in [3.8, 4) is 0 Å². The molecule has 4 heteroatoms. The van der Waals surface area contributed by atoms with E-state index in [-0.39, 0.29) is 5.56 Å². The van der Waals surface area contributed by atoms with E-state index in [2.05, 4.69) is 0 Å². The Morgan fingerprint density at radius 1 is 1.31 bits per heavy atom. The number of hydrogen-bond donors (Lipinski definition) is 2. The van der Waals surface area contributed by atoms with E-state index in [1.807, 2.05) is 0 Å². The maximum atomic E-state index is 13.0. The lowest BCUT2D eigenvalue weighted by atomic mass is 10.0. The van der Waals surface area contributed by atoms with Gasteiger partial charge in [-0.25, -0.2) is 8.78 Å². The Labute approximate surface area is 75.0 Å². The van der Waals surface area contributed by atoms with Gasteiger partial charge in [0, 0.05) is 5.56 Å². The van der Waals surface area contributed by atoms with Gasteiger partial charge in [-0.1, -0.05) is 6.07 Å². The zero-order valence-corrected chi connectivity index (χ0v) is 7.17. The summed E-state index contributed by atoms with van der Waals surface area (Å²) >= 11 is 0. The molecule has 0 radical (unpaired) electrons. The molecule has 0 amide bonds. The van der Waals surface area contributed by atoms with Gasteiger partial charge < -0.3 is 10.8 Å². The van der Waals surface area contributed by atoms with Crippen molar-refractivity contribution >= 4 is 0 Å². The molecule has 1 rings (SSSR count). The van der Waals surface area contributed by atoms with Gasteiger partial charge in [0.15, 0.2) is 0 Å². The molecule has 13 heavy (non-hydrogen) atoms. The summed E-state index contributed by atoms with van der Waals surface area (Å²) in [5.41, 5.74) is 5.14. The highest BCUT2D eigenvalue weighted by molar-refractivity contribution is 5.23. The van der Waals surface area contributed by atoms with Crippen LogP contribution >= 0.6 is 0 Å². The third-order valence-electron chi connectivity index (χ3n) is 1.85. The van der Waals surface area contributed by atoms with Crippen LogP contribution in [0.25, 0.3) is 0 Å². The molecule has 0 bridgehead atoms. The van der Waals surface area contributed by atoms with Gasteiger partial charge in [0.05, 0.1) is 12.1 Å². The number of halogens is 2. The van der Waals surface area contributed by atoms with Gasteiger partial charge in [0.1, 0.15) is 11.6 Å². The maximum absolute atomic E-state index is 13.0. The minimum absolute atomic E-state index is 0.266. The van der Waals surface area contributed by atoms with E-state index in [1.165, 1.54) is 13.0 Å². The van der Waals surface area contributed by atoms with Crippen LogP contribution in [0.2, 0.25) is 0 Å². The Bertz CT molecular complexity index is 281. The highest BCUT2D eigenvalue weighted by atomic mass is 19.1. The molecule has 0 heterocycles. The molecule has 0 spiro atoms. The smallest absolute Gasteiger partial charge is 0.131 e. The molecule has 1 aromatic rings. The van der Waals surface area contributed by atoms with Gasteiger partial charge in [-0.3, -0.25) is 0 Å². The average Bonchev–Trinajstić information content (AvgIpc) is 2.03. The average molecular weight is 187 g/mol. The lowest BCUT2D eigenvalue weighted by Crippen LogP contribution is -2.25. The van der Waals surface area contributed by atoms with Crippen LogP contribution < -0.4 is 5.73 Å². The van der Waals surface area contributed by atoms with Gasteiger partial charge in [-0.15, -0.1) is 0 Å². The van der Waals surface area contributed by atoms with E-state index in [9.17, 15) is 8.78 Å². The second kappa shape index (κ2) is 3.81. The number of benzene rings is 1. The Morgan fingerprint density at radius 2 is 1.77 bits per heavy atom. The fraction of sp³-hybridized carbons (Fsp3) is 0.333. The summed E-state index contributed by atoms with van der Waals surface area (Å²) < 4.78 is 26.1. The van der Waals surface area contributed by atoms with E-state index in [0.29, 0.717) is 0 Å². The molecule has 0 aliphatic heterocycles. The molecular formula is C9H11F2NO. The topological polar surface area (TPSA) is 46.2 Å². The van der Waals surface area contributed by atoms with Gasteiger partial charge in [0.2, 0.25) is 0 Å². The van der Waals surface area contributed by atoms with Gasteiger partial charge >= 0.3 is 0 Å². The second-order valence-electron chi connectivity index (χ2n) is 2.90. The molecule has 0 unspecified atom stereocenters. The molecule has 3 N–H and O–H groups in total. The summed E-state index contributed by atoms with van der Waals surface area (Å²) in [6, 6.07) is 2.45. The van der Waals surface area contributed by atoms with Crippen LogP contribution in [-0.2, 0) is 0 Å². The van der Waals surface area contributed by atoms with E-state index in [4.69, 9.17) is 10.8 Å². The fourth-order valence-electron chi connectivity index (χ4n) is 1.07. The first-order chi connectivity index (χ1) is 6.04. The summed E-state index contributed by atoms with van der Waals surface area (Å²) in [6.45, 7) is 1.39. The molecule has 1 aromatic carbocycles. The lowest BCUT2D eigenvalue weighted by molar-refractivity contribution is 0.160. The van der Waals surface area contributed by atoms with Crippen molar-refractivity contribution in [1.82, 2.24) is 0 Å². The first-order valence-electron chi connectivity index (χ1n) is 3.91. The summed E-state index contributed by atoms with van der Waals surface area (Å²) in [5.74, 6) is -1.46. The molecule has 0 aliphatic carbocycles. The summed E-state index contributed by atoms with van der Waals surface area (Å²) in [6.07, 6.45) is -0.980. The molecule has 0 fully saturated rings. The first-order valence-corrected chi connectivity index (χ1v) is 3.91. The minimum atomic E-state index is -1.03. The van der Waals surface area contributed by atoms with Crippen molar-refractivity contribution in [2.24, 2.45) is 5.73 Å². The SMILES string of the molecule is C[C@H](O)[C@H](N)c1c(F)cccc1F. The summed E-state index contributed by atoms with van der Waals surface area (Å²) in [4.78, 5) is 0. The lowest BCUT2D eigenvalue weighted by Gasteiger charge is -2.16. The standard InChI is InChI=1S/C9H11F2NO/c1-5(13)9(12)8-6(10)3-2-4-7(8)11/h2-5,9,13H,12H2,1H3/t5-,9-/m0/s1. The number of hydrogen-bond acceptors (Lipinski definition) is 2. The van der Waals surface area contributed by atoms with E-state index in [0.717, 1.165) is 12.1 Å². The second-order valence-corrected chi connectivity index (χ2v) is 2.90. The largest absolute Gasteiger partial charge is 0.391 e. The zero-order chi connectivity index (χ0) is 10.0. The minimum Gasteiger partial charge on any atom is -0.391 e. The van der Waals surface area contributed by atoms with Gasteiger partial charge in [0.25, 0.3) is 0 Å². The fourth-order valence-corrected chi connectivity index (χ4v) is 1.07. The number of aliphatic hydroxyl groups is 1. The molecule has 0 saturated heterocycles. The zero-order valence-electron chi connectivity index (χ0n) is 7.17. The first kappa shape index (κ1) is 10.1. The van der Waals surface area contributed by atoms with Crippen LogP contribution in [0.15, 0.2) is 18.2 Å². The number of nitrogens with two attached hydrogens (primary N) is 1. The molecule has 0 saturated carbocycles. The van der Waals surface area contributed by atoms with Crippen molar-refractivity contribution in [2.45, 2.75) is 19.1 Å². The highest BCUT2D eigenvalue weighted by Gasteiger charge is 2.19. The molecule has 2 nitrogen and oxygen atoms in total. The predicted octanol–water partition coefficient (Wildman–Crippen LogP) is 1.35. The predicted molar refractivity (Wildman–Crippen MR) is 45.0 cm³/mol. The quantitative estimate of drug-likeness (QED) is 0.734. The number of rotatable bonds is 2. The van der Waals surface area contributed by atoms with Crippen molar-refractivity contribution in [3.05, 3.63) is 35.4 Å². The van der Waals surface area contributed by atoms with Gasteiger partial charge in [-0.05, 0) is 19.1 Å².